The minimum atomic E-state index is -0.528. The number of methoxy groups -OCH3 is 1. The molecule has 3 rings (SSSR count). The van der Waals surface area contributed by atoms with E-state index in [1.165, 1.54) is 37.6 Å². The maximum absolute atomic E-state index is 12.2. The summed E-state index contributed by atoms with van der Waals surface area (Å²) in [4.78, 5) is 34.2. The lowest BCUT2D eigenvalue weighted by Crippen LogP contribution is -2.24. The molecule has 0 saturated heterocycles. The summed E-state index contributed by atoms with van der Waals surface area (Å²) in [6.07, 6.45) is 1.38. The van der Waals surface area contributed by atoms with Crippen LogP contribution in [-0.2, 0) is 4.79 Å². The molecule has 3 aromatic rings. The fourth-order valence-electron chi connectivity index (χ4n) is 2.61. The van der Waals surface area contributed by atoms with Gasteiger partial charge in [-0.15, -0.1) is 0 Å². The zero-order valence-electron chi connectivity index (χ0n) is 17.5. The molecule has 0 aromatic heterocycles. The first kappa shape index (κ1) is 22.9. The van der Waals surface area contributed by atoms with E-state index in [4.69, 9.17) is 14.2 Å². The van der Waals surface area contributed by atoms with Crippen molar-refractivity contribution in [2.24, 2.45) is 5.10 Å². The van der Waals surface area contributed by atoms with Crippen LogP contribution in [0.1, 0.15) is 15.9 Å². The number of hydrogen-bond donors (Lipinski definition) is 1. The van der Waals surface area contributed by atoms with E-state index in [0.29, 0.717) is 22.6 Å². The van der Waals surface area contributed by atoms with Crippen LogP contribution in [0.3, 0.4) is 0 Å². The largest absolute Gasteiger partial charge is 0.493 e. The zero-order chi connectivity index (χ0) is 23.6. The molecule has 0 saturated carbocycles. The van der Waals surface area contributed by atoms with Crippen LogP contribution in [0.2, 0.25) is 0 Å². The van der Waals surface area contributed by atoms with Gasteiger partial charge in [0, 0.05) is 12.1 Å². The van der Waals surface area contributed by atoms with Crippen molar-refractivity contribution in [2.45, 2.75) is 0 Å². The van der Waals surface area contributed by atoms with E-state index in [9.17, 15) is 19.7 Å². The monoisotopic (exact) mass is 449 g/mol. The highest BCUT2D eigenvalue weighted by atomic mass is 16.6. The highest BCUT2D eigenvalue weighted by Gasteiger charge is 2.12. The maximum atomic E-state index is 12.2. The molecule has 0 aliphatic carbocycles. The molecule has 168 valence electrons. The number of ether oxygens (including phenoxy) is 3. The molecule has 0 radical (unpaired) electrons. The van der Waals surface area contributed by atoms with Crippen LogP contribution in [0.25, 0.3) is 0 Å². The minimum absolute atomic E-state index is 0.0762. The lowest BCUT2D eigenvalue weighted by Gasteiger charge is -2.10. The molecule has 3 aromatic carbocycles. The normalized spacial score (nSPS) is 10.5. The number of benzene rings is 3. The van der Waals surface area contributed by atoms with Crippen LogP contribution in [0.15, 0.2) is 77.9 Å². The number of hydrazone groups is 1. The Morgan fingerprint density at radius 3 is 2.42 bits per heavy atom. The standard InChI is InChI=1S/C23H19N3O7/c1-31-21-13-16(7-12-20(21)33-23(28)17-5-3-2-4-6-17)14-24-25-22(27)15-32-19-10-8-18(9-11-19)26(29)30/h2-14H,15H2,1H3,(H,25,27). The molecule has 0 heterocycles. The second-order valence-corrected chi connectivity index (χ2v) is 6.50. The van der Waals surface area contributed by atoms with E-state index < -0.39 is 16.8 Å². The third-order valence-corrected chi connectivity index (χ3v) is 4.22. The Hall–Kier alpha value is -4.73. The van der Waals surface area contributed by atoms with Crippen molar-refractivity contribution in [1.29, 1.82) is 0 Å². The van der Waals surface area contributed by atoms with Crippen molar-refractivity contribution in [1.82, 2.24) is 5.43 Å². The van der Waals surface area contributed by atoms with E-state index in [-0.39, 0.29) is 18.0 Å². The van der Waals surface area contributed by atoms with Gasteiger partial charge in [0.05, 0.1) is 23.8 Å². The maximum Gasteiger partial charge on any atom is 0.343 e. The van der Waals surface area contributed by atoms with Crippen molar-refractivity contribution < 1.29 is 28.7 Å². The summed E-state index contributed by atoms with van der Waals surface area (Å²) in [5, 5.41) is 14.5. The molecule has 1 amide bonds. The lowest BCUT2D eigenvalue weighted by atomic mass is 10.2. The van der Waals surface area contributed by atoms with Gasteiger partial charge in [-0.25, -0.2) is 10.2 Å². The predicted molar refractivity (Wildman–Crippen MR) is 119 cm³/mol. The Labute approximate surface area is 188 Å². The Balaban J connectivity index is 1.53. The fraction of sp³-hybridized carbons (Fsp3) is 0.0870. The van der Waals surface area contributed by atoms with Gasteiger partial charge in [0.1, 0.15) is 5.75 Å². The van der Waals surface area contributed by atoms with Crippen LogP contribution < -0.4 is 19.6 Å². The molecule has 0 aliphatic rings. The van der Waals surface area contributed by atoms with Gasteiger partial charge in [-0.3, -0.25) is 14.9 Å². The van der Waals surface area contributed by atoms with Gasteiger partial charge in [0.15, 0.2) is 18.1 Å². The number of esters is 1. The molecule has 0 spiro atoms. The molecular weight excluding hydrogens is 430 g/mol. The van der Waals surface area contributed by atoms with Crippen LogP contribution in [0.5, 0.6) is 17.2 Å². The van der Waals surface area contributed by atoms with Gasteiger partial charge in [0.2, 0.25) is 0 Å². The smallest absolute Gasteiger partial charge is 0.343 e. The van der Waals surface area contributed by atoms with E-state index in [0.717, 1.165) is 0 Å². The Kier molecular flexibility index (Phi) is 7.68. The number of hydrogen-bond acceptors (Lipinski definition) is 8. The van der Waals surface area contributed by atoms with Crippen LogP contribution in [-0.4, -0.2) is 36.7 Å². The Morgan fingerprint density at radius 2 is 1.76 bits per heavy atom. The summed E-state index contributed by atoms with van der Waals surface area (Å²) in [5.41, 5.74) is 3.22. The van der Waals surface area contributed by atoms with Crippen molar-refractivity contribution in [2.75, 3.05) is 13.7 Å². The van der Waals surface area contributed by atoms with Crippen molar-refractivity contribution in [3.05, 3.63) is 94.0 Å². The fourth-order valence-corrected chi connectivity index (χ4v) is 2.61. The number of amides is 1. The zero-order valence-corrected chi connectivity index (χ0v) is 17.5. The SMILES string of the molecule is COc1cc(C=NNC(=O)COc2ccc([N+](=O)[O-])cc2)ccc1OC(=O)c1ccccc1. The second-order valence-electron chi connectivity index (χ2n) is 6.50. The average molecular weight is 449 g/mol. The van der Waals surface area contributed by atoms with Gasteiger partial charge >= 0.3 is 5.97 Å². The minimum Gasteiger partial charge on any atom is -0.493 e. The van der Waals surface area contributed by atoms with Gasteiger partial charge < -0.3 is 14.2 Å². The van der Waals surface area contributed by atoms with Crippen LogP contribution in [0, 0.1) is 10.1 Å². The van der Waals surface area contributed by atoms with E-state index in [2.05, 4.69) is 10.5 Å². The molecule has 10 nitrogen and oxygen atoms in total. The first-order valence-electron chi connectivity index (χ1n) is 9.60. The van der Waals surface area contributed by atoms with Crippen LogP contribution in [0.4, 0.5) is 5.69 Å². The first-order valence-corrected chi connectivity index (χ1v) is 9.60. The summed E-state index contributed by atoms with van der Waals surface area (Å²) in [6, 6.07) is 18.7. The molecular formula is C23H19N3O7. The van der Waals surface area contributed by atoms with E-state index in [1.54, 1.807) is 48.5 Å². The average Bonchev–Trinajstić information content (AvgIpc) is 2.84. The Bertz CT molecular complexity index is 1160. The number of carbonyl (C=O) groups excluding carboxylic acids is 2. The van der Waals surface area contributed by atoms with Crippen molar-refractivity contribution >= 4 is 23.8 Å². The van der Waals surface area contributed by atoms with Gasteiger partial charge in [-0.1, -0.05) is 18.2 Å². The van der Waals surface area contributed by atoms with Gasteiger partial charge in [-0.05, 0) is 48.0 Å². The number of nitrogens with zero attached hydrogens (tertiary/aromatic N) is 2. The molecule has 0 atom stereocenters. The summed E-state index contributed by atoms with van der Waals surface area (Å²) in [6.45, 7) is -0.327. The number of nitro benzene ring substituents is 1. The number of carbonyl (C=O) groups is 2. The van der Waals surface area contributed by atoms with Crippen LogP contribution >= 0.6 is 0 Å². The van der Waals surface area contributed by atoms with E-state index >= 15 is 0 Å². The third-order valence-electron chi connectivity index (χ3n) is 4.22. The first-order chi connectivity index (χ1) is 16.0. The molecule has 0 bridgehead atoms. The third kappa shape index (κ3) is 6.62. The molecule has 0 aliphatic heterocycles. The summed E-state index contributed by atoms with van der Waals surface area (Å²) in [5.74, 6) is -0.175. The number of nitro groups is 1. The van der Waals surface area contributed by atoms with Gasteiger partial charge in [-0.2, -0.15) is 5.10 Å². The molecule has 10 heteroatoms. The summed E-state index contributed by atoms with van der Waals surface area (Å²) >= 11 is 0. The predicted octanol–water partition coefficient (Wildman–Crippen LogP) is 3.35. The summed E-state index contributed by atoms with van der Waals surface area (Å²) < 4.78 is 15.9. The molecule has 0 fully saturated rings. The highest BCUT2D eigenvalue weighted by molar-refractivity contribution is 5.91. The number of non-ortho nitro benzene ring substituents is 1. The highest BCUT2D eigenvalue weighted by Crippen LogP contribution is 2.28. The van der Waals surface area contributed by atoms with Crippen molar-refractivity contribution in [3.63, 3.8) is 0 Å². The van der Waals surface area contributed by atoms with Gasteiger partial charge in [0.25, 0.3) is 11.6 Å². The topological polar surface area (TPSA) is 129 Å². The number of rotatable bonds is 9. The second kappa shape index (κ2) is 11.0. The lowest BCUT2D eigenvalue weighted by molar-refractivity contribution is -0.384. The quantitative estimate of drug-likeness (QED) is 0.174. The summed E-state index contributed by atoms with van der Waals surface area (Å²) in [7, 11) is 1.44. The molecule has 0 unspecified atom stereocenters. The van der Waals surface area contributed by atoms with E-state index in [1.807, 2.05) is 0 Å². The number of nitrogens with one attached hydrogen (secondary N) is 1. The molecule has 1 N–H and O–H groups in total. The molecule has 33 heavy (non-hydrogen) atoms. The Morgan fingerprint density at radius 1 is 1.03 bits per heavy atom. The van der Waals surface area contributed by atoms with Crippen molar-refractivity contribution in [3.8, 4) is 17.2 Å².